The van der Waals surface area contributed by atoms with Gasteiger partial charge in [-0.25, -0.2) is 4.79 Å². The first kappa shape index (κ1) is 16.6. The number of hydrogen-bond acceptors (Lipinski definition) is 3. The lowest BCUT2D eigenvalue weighted by Gasteiger charge is -2.22. The summed E-state index contributed by atoms with van der Waals surface area (Å²) in [4.78, 5) is 26.6. The van der Waals surface area contributed by atoms with Gasteiger partial charge in [-0.05, 0) is 51.8 Å². The van der Waals surface area contributed by atoms with Gasteiger partial charge in [-0.1, -0.05) is 12.5 Å². The number of nitrogens with zero attached hydrogens (tertiary/aromatic N) is 2. The third-order valence-corrected chi connectivity index (χ3v) is 4.15. The van der Waals surface area contributed by atoms with Crippen molar-refractivity contribution >= 4 is 28.6 Å². The molecule has 24 heavy (non-hydrogen) atoms. The van der Waals surface area contributed by atoms with Crippen LogP contribution in [0.15, 0.2) is 30.5 Å². The Balaban J connectivity index is 1.96. The minimum absolute atomic E-state index is 0.155. The first-order valence-electron chi connectivity index (χ1n) is 8.50. The predicted molar refractivity (Wildman–Crippen MR) is 94.4 cm³/mol. The zero-order chi connectivity index (χ0) is 17.3. The SMILES string of the molecule is CC(C)(C)OC(=O)n1ccc2ccc(N3CCCCCC3=O)cc21. The summed E-state index contributed by atoms with van der Waals surface area (Å²) < 4.78 is 6.97. The number of benzene rings is 1. The second kappa shape index (κ2) is 6.30. The van der Waals surface area contributed by atoms with Gasteiger partial charge >= 0.3 is 6.09 Å². The molecule has 0 atom stereocenters. The van der Waals surface area contributed by atoms with E-state index in [9.17, 15) is 9.59 Å². The summed E-state index contributed by atoms with van der Waals surface area (Å²) in [6, 6.07) is 7.68. The molecule has 1 aromatic heterocycles. The fourth-order valence-electron chi connectivity index (χ4n) is 3.01. The number of carbonyl (C=O) groups is 2. The highest BCUT2D eigenvalue weighted by atomic mass is 16.6. The Morgan fingerprint density at radius 1 is 1.12 bits per heavy atom. The van der Waals surface area contributed by atoms with Gasteiger partial charge in [-0.2, -0.15) is 0 Å². The molecular formula is C19H24N2O3. The fraction of sp³-hybridized carbons (Fsp3) is 0.474. The number of rotatable bonds is 1. The summed E-state index contributed by atoms with van der Waals surface area (Å²) in [5.41, 5.74) is 1.06. The van der Waals surface area contributed by atoms with Crippen molar-refractivity contribution in [3.8, 4) is 0 Å². The lowest BCUT2D eigenvalue weighted by atomic mass is 10.2. The maximum atomic E-state index is 12.4. The van der Waals surface area contributed by atoms with Crippen LogP contribution in [0.4, 0.5) is 10.5 Å². The molecule has 1 aliphatic rings. The molecule has 5 heteroatoms. The van der Waals surface area contributed by atoms with Gasteiger partial charge in [0.15, 0.2) is 0 Å². The number of amides is 1. The minimum atomic E-state index is -0.550. The van der Waals surface area contributed by atoms with E-state index in [0.29, 0.717) is 6.42 Å². The summed E-state index contributed by atoms with van der Waals surface area (Å²) in [6.07, 6.45) is 4.94. The molecule has 1 amide bonds. The van der Waals surface area contributed by atoms with Gasteiger partial charge in [0.2, 0.25) is 5.91 Å². The van der Waals surface area contributed by atoms with Crippen LogP contribution in [0, 0.1) is 0 Å². The van der Waals surface area contributed by atoms with E-state index in [1.807, 2.05) is 49.9 Å². The third kappa shape index (κ3) is 3.45. The summed E-state index contributed by atoms with van der Waals surface area (Å²) in [5, 5.41) is 0.951. The lowest BCUT2D eigenvalue weighted by molar-refractivity contribution is -0.118. The van der Waals surface area contributed by atoms with E-state index in [2.05, 4.69) is 0 Å². The topological polar surface area (TPSA) is 51.5 Å². The van der Waals surface area contributed by atoms with Crippen LogP contribution in [0.25, 0.3) is 10.9 Å². The van der Waals surface area contributed by atoms with Crippen LogP contribution >= 0.6 is 0 Å². The van der Waals surface area contributed by atoms with Gasteiger partial charge in [-0.15, -0.1) is 0 Å². The largest absolute Gasteiger partial charge is 0.443 e. The average molecular weight is 328 g/mol. The summed E-state index contributed by atoms with van der Waals surface area (Å²) in [6.45, 7) is 6.27. The molecular weight excluding hydrogens is 304 g/mol. The molecule has 0 spiro atoms. The van der Waals surface area contributed by atoms with Crippen LogP contribution in [0.3, 0.4) is 0 Å². The van der Waals surface area contributed by atoms with E-state index < -0.39 is 11.7 Å². The minimum Gasteiger partial charge on any atom is -0.443 e. The molecule has 128 valence electrons. The van der Waals surface area contributed by atoms with Crippen LogP contribution < -0.4 is 4.90 Å². The number of anilines is 1. The Morgan fingerprint density at radius 3 is 2.67 bits per heavy atom. The van der Waals surface area contributed by atoms with Crippen LogP contribution in [0.5, 0.6) is 0 Å². The molecule has 5 nitrogen and oxygen atoms in total. The molecule has 0 unspecified atom stereocenters. The molecule has 0 saturated carbocycles. The third-order valence-electron chi connectivity index (χ3n) is 4.15. The molecule has 3 rings (SSSR count). The zero-order valence-electron chi connectivity index (χ0n) is 14.5. The van der Waals surface area contributed by atoms with Gasteiger partial charge in [0.25, 0.3) is 0 Å². The standard InChI is InChI=1S/C19H24N2O3/c1-19(2,3)24-18(23)21-12-10-14-8-9-15(13-16(14)21)20-11-6-4-5-7-17(20)22/h8-10,12-13H,4-7,11H2,1-3H3. The number of hydrogen-bond donors (Lipinski definition) is 0. The lowest BCUT2D eigenvalue weighted by Crippen LogP contribution is -2.30. The molecule has 1 saturated heterocycles. The number of ether oxygens (including phenoxy) is 1. The van der Waals surface area contributed by atoms with Gasteiger partial charge in [0.1, 0.15) is 5.60 Å². The van der Waals surface area contributed by atoms with E-state index in [1.165, 1.54) is 4.57 Å². The predicted octanol–water partition coefficient (Wildman–Crippen LogP) is 4.33. The quantitative estimate of drug-likeness (QED) is 0.783. The van der Waals surface area contributed by atoms with E-state index in [1.54, 1.807) is 6.20 Å². The van der Waals surface area contributed by atoms with Crippen LogP contribution in [-0.4, -0.2) is 28.7 Å². The Morgan fingerprint density at radius 2 is 1.92 bits per heavy atom. The van der Waals surface area contributed by atoms with Gasteiger partial charge in [0, 0.05) is 30.2 Å². The molecule has 1 fully saturated rings. The highest BCUT2D eigenvalue weighted by Gasteiger charge is 2.21. The van der Waals surface area contributed by atoms with Crippen LogP contribution in [-0.2, 0) is 9.53 Å². The highest BCUT2D eigenvalue weighted by molar-refractivity contribution is 5.97. The summed E-state index contributed by atoms with van der Waals surface area (Å²) in [7, 11) is 0. The van der Waals surface area contributed by atoms with E-state index in [4.69, 9.17) is 4.74 Å². The van der Waals surface area contributed by atoms with Crippen molar-refractivity contribution in [3.05, 3.63) is 30.5 Å². The maximum absolute atomic E-state index is 12.4. The second-order valence-corrected chi connectivity index (χ2v) is 7.27. The van der Waals surface area contributed by atoms with Crippen molar-refractivity contribution in [2.45, 2.75) is 52.1 Å². The molecule has 0 aliphatic carbocycles. The van der Waals surface area contributed by atoms with Crippen LogP contribution in [0.1, 0.15) is 46.5 Å². The fourth-order valence-corrected chi connectivity index (χ4v) is 3.01. The van der Waals surface area contributed by atoms with Crippen molar-refractivity contribution < 1.29 is 14.3 Å². The number of carbonyl (C=O) groups excluding carboxylic acids is 2. The van der Waals surface area contributed by atoms with Crippen molar-refractivity contribution in [2.24, 2.45) is 0 Å². The Hall–Kier alpha value is -2.30. The highest BCUT2D eigenvalue weighted by Crippen LogP contribution is 2.26. The number of aromatic nitrogens is 1. The van der Waals surface area contributed by atoms with Gasteiger partial charge in [-0.3, -0.25) is 9.36 Å². The average Bonchev–Trinajstić information content (AvgIpc) is 2.80. The Kier molecular flexibility index (Phi) is 4.35. The van der Waals surface area contributed by atoms with Gasteiger partial charge in [0.05, 0.1) is 5.52 Å². The van der Waals surface area contributed by atoms with Crippen LogP contribution in [0.2, 0.25) is 0 Å². The summed E-state index contributed by atoms with van der Waals surface area (Å²) >= 11 is 0. The molecule has 1 aliphatic heterocycles. The van der Waals surface area contributed by atoms with Crippen molar-refractivity contribution in [1.29, 1.82) is 0 Å². The summed E-state index contributed by atoms with van der Waals surface area (Å²) in [5.74, 6) is 0.155. The normalized spacial score (nSPS) is 16.3. The second-order valence-electron chi connectivity index (χ2n) is 7.27. The Bertz CT molecular complexity index is 771. The van der Waals surface area contributed by atoms with E-state index in [0.717, 1.165) is 42.4 Å². The first-order valence-corrected chi connectivity index (χ1v) is 8.50. The molecule has 1 aromatic carbocycles. The molecule has 0 N–H and O–H groups in total. The number of fused-ring (bicyclic) bond motifs is 1. The maximum Gasteiger partial charge on any atom is 0.418 e. The molecule has 0 radical (unpaired) electrons. The molecule has 0 bridgehead atoms. The molecule has 2 aromatic rings. The van der Waals surface area contributed by atoms with Crippen molar-refractivity contribution in [2.75, 3.05) is 11.4 Å². The Labute approximate surface area is 142 Å². The first-order chi connectivity index (χ1) is 11.3. The zero-order valence-corrected chi connectivity index (χ0v) is 14.5. The van der Waals surface area contributed by atoms with Crippen molar-refractivity contribution in [3.63, 3.8) is 0 Å². The van der Waals surface area contributed by atoms with E-state index >= 15 is 0 Å². The van der Waals surface area contributed by atoms with Crippen molar-refractivity contribution in [1.82, 2.24) is 4.57 Å². The monoisotopic (exact) mass is 328 g/mol. The smallest absolute Gasteiger partial charge is 0.418 e. The van der Waals surface area contributed by atoms with E-state index in [-0.39, 0.29) is 5.91 Å². The molecule has 2 heterocycles. The van der Waals surface area contributed by atoms with Gasteiger partial charge < -0.3 is 9.64 Å².